The summed E-state index contributed by atoms with van der Waals surface area (Å²) in [5.41, 5.74) is 3.27. The lowest BCUT2D eigenvalue weighted by Gasteiger charge is -2.14. The fourth-order valence-electron chi connectivity index (χ4n) is 2.11. The highest BCUT2D eigenvalue weighted by Gasteiger charge is 2.11. The van der Waals surface area contributed by atoms with Gasteiger partial charge in [-0.3, -0.25) is 4.68 Å². The van der Waals surface area contributed by atoms with Crippen LogP contribution in [0.15, 0.2) is 30.5 Å². The Morgan fingerprint density at radius 3 is 2.48 bits per heavy atom. The molecular formula is C15H19F2N3O. The molecule has 1 atom stereocenters. The van der Waals surface area contributed by atoms with Gasteiger partial charge in [-0.05, 0) is 31.5 Å². The largest absolute Gasteiger partial charge is 0.435 e. The van der Waals surface area contributed by atoms with E-state index in [-0.39, 0.29) is 11.8 Å². The second kappa shape index (κ2) is 6.67. The van der Waals surface area contributed by atoms with Gasteiger partial charge in [0.05, 0.1) is 6.20 Å². The van der Waals surface area contributed by atoms with E-state index < -0.39 is 6.61 Å². The van der Waals surface area contributed by atoms with Crippen molar-refractivity contribution in [1.82, 2.24) is 15.1 Å². The molecule has 0 unspecified atom stereocenters. The molecule has 114 valence electrons. The Morgan fingerprint density at radius 2 is 1.95 bits per heavy atom. The van der Waals surface area contributed by atoms with Crippen molar-refractivity contribution in [3.63, 3.8) is 0 Å². The molecule has 0 saturated heterocycles. The van der Waals surface area contributed by atoms with Gasteiger partial charge in [0.25, 0.3) is 0 Å². The van der Waals surface area contributed by atoms with Gasteiger partial charge in [0.1, 0.15) is 5.75 Å². The number of nitrogens with zero attached hydrogens (tertiary/aromatic N) is 2. The molecule has 6 heteroatoms. The number of ether oxygens (including phenoxy) is 1. The normalized spacial score (nSPS) is 12.7. The SMILES string of the molecule is Cc1c([C@@H](C)NCc2ccc(OC(F)F)cc2)cnn1C. The average molecular weight is 295 g/mol. The number of benzene rings is 1. The molecule has 1 N–H and O–H groups in total. The quantitative estimate of drug-likeness (QED) is 0.889. The van der Waals surface area contributed by atoms with Crippen molar-refractivity contribution in [2.45, 2.75) is 33.0 Å². The first-order valence-corrected chi connectivity index (χ1v) is 6.73. The van der Waals surface area contributed by atoms with Crippen LogP contribution in [-0.4, -0.2) is 16.4 Å². The minimum absolute atomic E-state index is 0.163. The molecule has 2 aromatic rings. The number of aromatic nitrogens is 2. The Kier molecular flexibility index (Phi) is 4.90. The molecule has 1 heterocycles. The number of hydrogen-bond donors (Lipinski definition) is 1. The smallest absolute Gasteiger partial charge is 0.387 e. The topological polar surface area (TPSA) is 39.1 Å². The van der Waals surface area contributed by atoms with Crippen LogP contribution < -0.4 is 10.1 Å². The highest BCUT2D eigenvalue weighted by molar-refractivity contribution is 5.27. The third kappa shape index (κ3) is 4.01. The summed E-state index contributed by atoms with van der Waals surface area (Å²) >= 11 is 0. The summed E-state index contributed by atoms with van der Waals surface area (Å²) in [7, 11) is 1.91. The van der Waals surface area contributed by atoms with Crippen LogP contribution in [0.1, 0.15) is 29.8 Å². The maximum Gasteiger partial charge on any atom is 0.387 e. The van der Waals surface area contributed by atoms with Gasteiger partial charge in [0, 0.05) is 30.9 Å². The third-order valence-electron chi connectivity index (χ3n) is 3.50. The Hall–Kier alpha value is -1.95. The van der Waals surface area contributed by atoms with Crippen molar-refractivity contribution in [1.29, 1.82) is 0 Å². The van der Waals surface area contributed by atoms with Crippen molar-refractivity contribution in [2.24, 2.45) is 7.05 Å². The van der Waals surface area contributed by atoms with Gasteiger partial charge >= 0.3 is 6.61 Å². The molecule has 21 heavy (non-hydrogen) atoms. The zero-order chi connectivity index (χ0) is 15.4. The van der Waals surface area contributed by atoms with Crippen LogP contribution >= 0.6 is 0 Å². The van der Waals surface area contributed by atoms with Gasteiger partial charge in [0.15, 0.2) is 0 Å². The van der Waals surface area contributed by atoms with Gasteiger partial charge < -0.3 is 10.1 Å². The van der Waals surface area contributed by atoms with Crippen LogP contribution in [0.3, 0.4) is 0 Å². The molecule has 0 aliphatic carbocycles. The van der Waals surface area contributed by atoms with Crippen LogP contribution in [0.4, 0.5) is 8.78 Å². The number of aryl methyl sites for hydroxylation is 1. The summed E-state index contributed by atoms with van der Waals surface area (Å²) in [5, 5.41) is 7.61. The van der Waals surface area contributed by atoms with Gasteiger partial charge in [-0.25, -0.2) is 0 Å². The monoisotopic (exact) mass is 295 g/mol. The summed E-state index contributed by atoms with van der Waals surface area (Å²) in [5.74, 6) is 0.171. The average Bonchev–Trinajstić information content (AvgIpc) is 2.77. The number of rotatable bonds is 6. The van der Waals surface area contributed by atoms with E-state index in [1.165, 1.54) is 0 Å². The first kappa shape index (κ1) is 15.4. The van der Waals surface area contributed by atoms with Gasteiger partial charge in [0.2, 0.25) is 0 Å². The fourth-order valence-corrected chi connectivity index (χ4v) is 2.11. The molecule has 4 nitrogen and oxygen atoms in total. The van der Waals surface area contributed by atoms with Crippen molar-refractivity contribution in [3.05, 3.63) is 47.3 Å². The molecule has 1 aromatic heterocycles. The van der Waals surface area contributed by atoms with Crippen molar-refractivity contribution < 1.29 is 13.5 Å². The molecule has 0 fully saturated rings. The van der Waals surface area contributed by atoms with E-state index in [1.807, 2.05) is 24.9 Å². The predicted octanol–water partition coefficient (Wildman–Crippen LogP) is 3.18. The number of halogens is 2. The Balaban J connectivity index is 1.92. The van der Waals surface area contributed by atoms with E-state index in [4.69, 9.17) is 0 Å². The molecule has 0 aliphatic heterocycles. The van der Waals surface area contributed by atoms with Gasteiger partial charge in [-0.15, -0.1) is 0 Å². The van der Waals surface area contributed by atoms with E-state index in [1.54, 1.807) is 24.3 Å². The Labute approximate surface area is 122 Å². The molecule has 0 aliphatic rings. The van der Waals surface area contributed by atoms with Crippen molar-refractivity contribution in [2.75, 3.05) is 0 Å². The van der Waals surface area contributed by atoms with Crippen LogP contribution in [0.2, 0.25) is 0 Å². The fraction of sp³-hybridized carbons (Fsp3) is 0.400. The van der Waals surface area contributed by atoms with Crippen LogP contribution in [-0.2, 0) is 13.6 Å². The van der Waals surface area contributed by atoms with E-state index >= 15 is 0 Å². The zero-order valence-electron chi connectivity index (χ0n) is 12.3. The molecule has 0 spiro atoms. The molecular weight excluding hydrogens is 276 g/mol. The number of hydrogen-bond acceptors (Lipinski definition) is 3. The first-order chi connectivity index (χ1) is 9.97. The van der Waals surface area contributed by atoms with Crippen LogP contribution in [0.5, 0.6) is 5.75 Å². The van der Waals surface area contributed by atoms with E-state index in [2.05, 4.69) is 22.1 Å². The van der Waals surface area contributed by atoms with Gasteiger partial charge in [-0.1, -0.05) is 12.1 Å². The van der Waals surface area contributed by atoms with E-state index in [0.29, 0.717) is 6.54 Å². The number of nitrogens with one attached hydrogen (secondary N) is 1. The van der Waals surface area contributed by atoms with E-state index in [9.17, 15) is 8.78 Å². The Bertz CT molecular complexity index is 581. The number of alkyl halides is 2. The summed E-state index contributed by atoms with van der Waals surface area (Å²) in [6.45, 7) is 1.95. The standard InChI is InChI=1S/C15H19F2N3O/c1-10(14-9-19-20(3)11(14)2)18-8-12-4-6-13(7-5-12)21-15(16)17/h4-7,9-10,15,18H,8H2,1-3H3/t10-/m1/s1. The van der Waals surface area contributed by atoms with Crippen LogP contribution in [0.25, 0.3) is 0 Å². The van der Waals surface area contributed by atoms with Crippen LogP contribution in [0, 0.1) is 6.92 Å². The summed E-state index contributed by atoms with van der Waals surface area (Å²) in [6, 6.07) is 6.80. The maximum absolute atomic E-state index is 12.1. The minimum atomic E-state index is -2.79. The maximum atomic E-state index is 12.1. The first-order valence-electron chi connectivity index (χ1n) is 6.73. The van der Waals surface area contributed by atoms with Gasteiger partial charge in [-0.2, -0.15) is 13.9 Å². The molecule has 0 saturated carbocycles. The van der Waals surface area contributed by atoms with E-state index in [0.717, 1.165) is 16.8 Å². The van der Waals surface area contributed by atoms with Crippen molar-refractivity contribution >= 4 is 0 Å². The molecule has 0 radical (unpaired) electrons. The molecule has 0 amide bonds. The second-order valence-electron chi connectivity index (χ2n) is 4.93. The molecule has 2 rings (SSSR count). The predicted molar refractivity (Wildman–Crippen MR) is 76.3 cm³/mol. The highest BCUT2D eigenvalue weighted by atomic mass is 19.3. The zero-order valence-corrected chi connectivity index (χ0v) is 12.3. The Morgan fingerprint density at radius 1 is 1.29 bits per heavy atom. The summed E-state index contributed by atoms with van der Waals surface area (Å²) in [6.07, 6.45) is 1.85. The minimum Gasteiger partial charge on any atom is -0.435 e. The molecule has 0 bridgehead atoms. The second-order valence-corrected chi connectivity index (χ2v) is 4.93. The van der Waals surface area contributed by atoms with Crippen molar-refractivity contribution in [3.8, 4) is 5.75 Å². The third-order valence-corrected chi connectivity index (χ3v) is 3.50. The lowest BCUT2D eigenvalue weighted by Crippen LogP contribution is -2.18. The molecule has 1 aromatic carbocycles. The highest BCUT2D eigenvalue weighted by Crippen LogP contribution is 2.18. The lowest BCUT2D eigenvalue weighted by atomic mass is 10.1. The summed E-state index contributed by atoms with van der Waals surface area (Å²) in [4.78, 5) is 0. The summed E-state index contributed by atoms with van der Waals surface area (Å²) < 4.78 is 30.3. The lowest BCUT2D eigenvalue weighted by molar-refractivity contribution is -0.0498.